The van der Waals surface area contributed by atoms with E-state index in [2.05, 4.69) is 18.9 Å². The Morgan fingerprint density at radius 2 is 2.00 bits per heavy atom. The molecule has 16 heavy (non-hydrogen) atoms. The summed E-state index contributed by atoms with van der Waals surface area (Å²) < 4.78 is 1.88. The maximum absolute atomic E-state index is 11.1. The quantitative estimate of drug-likeness (QED) is 0.836. The fourth-order valence-electron chi connectivity index (χ4n) is 2.04. The van der Waals surface area contributed by atoms with Crippen molar-refractivity contribution in [2.75, 3.05) is 0 Å². The van der Waals surface area contributed by atoms with Crippen molar-refractivity contribution in [1.82, 2.24) is 9.78 Å². The largest absolute Gasteiger partial charge is 0.478 e. The van der Waals surface area contributed by atoms with Crippen molar-refractivity contribution >= 4 is 5.97 Å². The summed E-state index contributed by atoms with van der Waals surface area (Å²) in [6.45, 7) is 8.20. The van der Waals surface area contributed by atoms with Crippen LogP contribution in [0.2, 0.25) is 0 Å². The summed E-state index contributed by atoms with van der Waals surface area (Å²) >= 11 is 0. The van der Waals surface area contributed by atoms with Crippen LogP contribution in [0.1, 0.15) is 68.5 Å². The van der Waals surface area contributed by atoms with Crippen LogP contribution in [0.4, 0.5) is 0 Å². The van der Waals surface area contributed by atoms with E-state index >= 15 is 0 Å². The van der Waals surface area contributed by atoms with Crippen molar-refractivity contribution in [1.29, 1.82) is 0 Å². The molecule has 0 amide bonds. The molecule has 1 aromatic heterocycles. The van der Waals surface area contributed by atoms with Gasteiger partial charge in [-0.3, -0.25) is 4.68 Å². The van der Waals surface area contributed by atoms with Crippen LogP contribution in [-0.4, -0.2) is 20.9 Å². The third-order valence-corrected chi connectivity index (χ3v) is 2.90. The molecule has 4 heteroatoms. The van der Waals surface area contributed by atoms with Crippen LogP contribution in [0.3, 0.4) is 0 Å². The molecule has 0 bridgehead atoms. The van der Waals surface area contributed by atoms with Crippen LogP contribution >= 0.6 is 0 Å². The smallest absolute Gasteiger partial charge is 0.339 e. The van der Waals surface area contributed by atoms with E-state index < -0.39 is 5.97 Å². The number of nitrogens with zero attached hydrogens (tertiary/aromatic N) is 2. The van der Waals surface area contributed by atoms with E-state index in [-0.39, 0.29) is 5.92 Å². The minimum Gasteiger partial charge on any atom is -0.478 e. The van der Waals surface area contributed by atoms with Crippen molar-refractivity contribution in [2.24, 2.45) is 0 Å². The molecule has 0 saturated carbocycles. The molecule has 1 N–H and O–H groups in total. The summed E-state index contributed by atoms with van der Waals surface area (Å²) in [7, 11) is 0. The van der Waals surface area contributed by atoms with Gasteiger partial charge in [0.1, 0.15) is 5.56 Å². The lowest BCUT2D eigenvalue weighted by atomic mass is 10.0. The second-order valence-corrected chi connectivity index (χ2v) is 4.32. The molecule has 0 aromatic carbocycles. The Bertz CT molecular complexity index is 365. The van der Waals surface area contributed by atoms with Crippen molar-refractivity contribution in [3.63, 3.8) is 0 Å². The summed E-state index contributed by atoms with van der Waals surface area (Å²) in [6.07, 6.45) is 3.41. The molecule has 1 aromatic rings. The van der Waals surface area contributed by atoms with Crippen LogP contribution in [-0.2, 0) is 0 Å². The molecule has 0 aliphatic heterocycles. The van der Waals surface area contributed by atoms with Crippen molar-refractivity contribution in [3.05, 3.63) is 17.5 Å². The van der Waals surface area contributed by atoms with E-state index in [0.717, 1.165) is 18.5 Å². The van der Waals surface area contributed by atoms with Gasteiger partial charge in [-0.15, -0.1) is 0 Å². The van der Waals surface area contributed by atoms with Crippen LogP contribution in [0.25, 0.3) is 0 Å². The molecule has 90 valence electrons. The summed E-state index contributed by atoms with van der Waals surface area (Å²) in [6, 6.07) is 0.297. The second kappa shape index (κ2) is 5.14. The highest BCUT2D eigenvalue weighted by atomic mass is 16.4. The predicted octanol–water partition coefficient (Wildman–Crippen LogP) is 3.07. The van der Waals surface area contributed by atoms with Crippen LogP contribution in [0, 0.1) is 0 Å². The summed E-state index contributed by atoms with van der Waals surface area (Å²) in [5, 5.41) is 13.3. The molecule has 4 nitrogen and oxygen atoms in total. The summed E-state index contributed by atoms with van der Waals surface area (Å²) in [5.74, 6) is -0.713. The van der Waals surface area contributed by atoms with Gasteiger partial charge in [-0.25, -0.2) is 4.79 Å². The van der Waals surface area contributed by atoms with Gasteiger partial charge < -0.3 is 5.11 Å². The van der Waals surface area contributed by atoms with Crippen molar-refractivity contribution < 1.29 is 9.90 Å². The van der Waals surface area contributed by atoms with E-state index in [1.54, 1.807) is 0 Å². The second-order valence-electron chi connectivity index (χ2n) is 4.32. The molecular formula is C12H20N2O2. The van der Waals surface area contributed by atoms with Gasteiger partial charge in [0.2, 0.25) is 0 Å². The topological polar surface area (TPSA) is 55.1 Å². The highest BCUT2D eigenvalue weighted by Gasteiger charge is 2.22. The molecule has 1 rings (SSSR count). The number of hydrogen-bond acceptors (Lipinski definition) is 2. The third kappa shape index (κ3) is 2.26. The number of rotatable bonds is 5. The van der Waals surface area contributed by atoms with Gasteiger partial charge in [0.25, 0.3) is 0 Å². The van der Waals surface area contributed by atoms with Gasteiger partial charge in [0.15, 0.2) is 0 Å². The van der Waals surface area contributed by atoms with E-state index in [4.69, 9.17) is 5.11 Å². The average Bonchev–Trinajstić information content (AvgIpc) is 2.64. The molecule has 0 aliphatic carbocycles. The van der Waals surface area contributed by atoms with Crippen molar-refractivity contribution in [2.45, 2.75) is 52.5 Å². The SMILES string of the molecule is CCC(CC)n1ncc(C(=O)O)c1C(C)C. The van der Waals surface area contributed by atoms with E-state index in [0.29, 0.717) is 11.6 Å². The fourth-order valence-corrected chi connectivity index (χ4v) is 2.04. The monoisotopic (exact) mass is 224 g/mol. The maximum atomic E-state index is 11.1. The minimum atomic E-state index is -0.888. The lowest BCUT2D eigenvalue weighted by Gasteiger charge is -2.19. The molecule has 1 heterocycles. The molecule has 0 unspecified atom stereocenters. The van der Waals surface area contributed by atoms with Crippen LogP contribution in [0.5, 0.6) is 0 Å². The Balaban J connectivity index is 3.24. The Hall–Kier alpha value is -1.32. The Labute approximate surface area is 96.3 Å². The molecule has 0 spiro atoms. The zero-order valence-electron chi connectivity index (χ0n) is 10.4. The van der Waals surface area contributed by atoms with Crippen LogP contribution in [0.15, 0.2) is 6.20 Å². The van der Waals surface area contributed by atoms with Gasteiger partial charge in [-0.1, -0.05) is 27.7 Å². The summed E-state index contributed by atoms with van der Waals surface area (Å²) in [5.41, 5.74) is 1.17. The lowest BCUT2D eigenvalue weighted by molar-refractivity contribution is 0.0695. The Kier molecular flexibility index (Phi) is 4.10. The highest BCUT2D eigenvalue weighted by molar-refractivity contribution is 5.88. The Morgan fingerprint density at radius 3 is 2.38 bits per heavy atom. The van der Waals surface area contributed by atoms with Gasteiger partial charge in [0.05, 0.1) is 17.9 Å². The number of hydrogen-bond donors (Lipinski definition) is 1. The lowest BCUT2D eigenvalue weighted by Crippen LogP contribution is -2.15. The molecule has 0 atom stereocenters. The van der Waals surface area contributed by atoms with Gasteiger partial charge in [0, 0.05) is 0 Å². The zero-order chi connectivity index (χ0) is 12.3. The number of aromatic nitrogens is 2. The minimum absolute atomic E-state index is 0.175. The predicted molar refractivity (Wildman–Crippen MR) is 62.9 cm³/mol. The maximum Gasteiger partial charge on any atom is 0.339 e. The van der Waals surface area contributed by atoms with E-state index in [1.807, 2.05) is 18.5 Å². The number of carboxylic acid groups (broad SMARTS) is 1. The Morgan fingerprint density at radius 1 is 1.44 bits per heavy atom. The molecule has 0 fully saturated rings. The van der Waals surface area contributed by atoms with E-state index in [9.17, 15) is 4.79 Å². The average molecular weight is 224 g/mol. The van der Waals surface area contributed by atoms with Gasteiger partial charge in [-0.05, 0) is 18.8 Å². The first-order valence-corrected chi connectivity index (χ1v) is 5.83. The van der Waals surface area contributed by atoms with Crippen LogP contribution < -0.4 is 0 Å². The van der Waals surface area contributed by atoms with E-state index in [1.165, 1.54) is 6.20 Å². The van der Waals surface area contributed by atoms with Crippen molar-refractivity contribution in [3.8, 4) is 0 Å². The highest BCUT2D eigenvalue weighted by Crippen LogP contribution is 2.25. The molecule has 0 radical (unpaired) electrons. The summed E-state index contributed by atoms with van der Waals surface area (Å²) in [4.78, 5) is 11.1. The standard InChI is InChI=1S/C12H20N2O2/c1-5-9(6-2)14-11(8(3)4)10(7-13-14)12(15)16/h7-9H,5-6H2,1-4H3,(H,15,16). The normalized spacial score (nSPS) is 11.4. The van der Waals surface area contributed by atoms with Gasteiger partial charge in [-0.2, -0.15) is 5.10 Å². The fraction of sp³-hybridized carbons (Fsp3) is 0.667. The third-order valence-electron chi connectivity index (χ3n) is 2.90. The van der Waals surface area contributed by atoms with Gasteiger partial charge >= 0.3 is 5.97 Å². The molecule has 0 aliphatic rings. The first kappa shape index (κ1) is 12.7. The first-order chi connectivity index (χ1) is 7.52. The number of carboxylic acids is 1. The number of aromatic carboxylic acids is 1. The molecule has 0 saturated heterocycles. The number of carbonyl (C=O) groups is 1. The molecular weight excluding hydrogens is 204 g/mol. The first-order valence-electron chi connectivity index (χ1n) is 5.83. The zero-order valence-corrected chi connectivity index (χ0v) is 10.4.